The summed E-state index contributed by atoms with van der Waals surface area (Å²) in [6, 6.07) is 5.98. The van der Waals surface area contributed by atoms with E-state index in [-0.39, 0.29) is 5.92 Å². The van der Waals surface area contributed by atoms with E-state index in [9.17, 15) is 5.11 Å². The molecule has 0 amide bonds. The normalized spacial score (nSPS) is 19.2. The topological polar surface area (TPSA) is 58.9 Å². The summed E-state index contributed by atoms with van der Waals surface area (Å²) in [7, 11) is 0. The van der Waals surface area contributed by atoms with Crippen LogP contribution >= 0.6 is 0 Å². The van der Waals surface area contributed by atoms with Crippen molar-refractivity contribution in [2.75, 3.05) is 0 Å². The molecular weight excluding hydrogens is 238 g/mol. The van der Waals surface area contributed by atoms with Crippen LogP contribution in [0.15, 0.2) is 24.4 Å². The van der Waals surface area contributed by atoms with E-state index in [1.54, 1.807) is 6.20 Å². The van der Waals surface area contributed by atoms with Gasteiger partial charge in [-0.25, -0.2) is 0 Å². The number of rotatable bonds is 2. The first-order chi connectivity index (χ1) is 9.16. The van der Waals surface area contributed by atoms with Gasteiger partial charge in [0.25, 0.3) is 0 Å². The highest BCUT2D eigenvalue weighted by atomic mass is 16.3. The lowest BCUT2D eigenvalue weighted by Gasteiger charge is -2.20. The van der Waals surface area contributed by atoms with Crippen molar-refractivity contribution in [1.82, 2.24) is 15.2 Å². The summed E-state index contributed by atoms with van der Waals surface area (Å²) in [6.07, 6.45) is 3.17. The number of aryl methyl sites for hydroxylation is 3. The molecule has 4 nitrogen and oxygen atoms in total. The third-order valence-electron chi connectivity index (χ3n) is 3.84. The minimum Gasteiger partial charge on any atom is -0.388 e. The molecule has 0 radical (unpaired) electrons. The third-order valence-corrected chi connectivity index (χ3v) is 3.84. The molecule has 1 N–H and O–H groups in total. The van der Waals surface area contributed by atoms with E-state index in [1.165, 1.54) is 5.56 Å². The van der Waals surface area contributed by atoms with Gasteiger partial charge in [0, 0.05) is 23.4 Å². The second kappa shape index (κ2) is 4.70. The van der Waals surface area contributed by atoms with Crippen molar-refractivity contribution in [3.05, 3.63) is 52.6 Å². The first-order valence-electron chi connectivity index (χ1n) is 6.59. The predicted molar refractivity (Wildman–Crippen MR) is 71.8 cm³/mol. The van der Waals surface area contributed by atoms with Crippen molar-refractivity contribution in [3.63, 3.8) is 0 Å². The number of fused-ring (bicyclic) bond motifs is 1. The zero-order valence-corrected chi connectivity index (χ0v) is 11.2. The summed E-state index contributed by atoms with van der Waals surface area (Å²) < 4.78 is 0. The van der Waals surface area contributed by atoms with Crippen LogP contribution in [0, 0.1) is 13.8 Å². The minimum absolute atomic E-state index is 0.0681. The summed E-state index contributed by atoms with van der Waals surface area (Å²) in [5, 5.41) is 18.8. The van der Waals surface area contributed by atoms with Crippen LogP contribution < -0.4 is 0 Å². The van der Waals surface area contributed by atoms with E-state index in [0.29, 0.717) is 0 Å². The lowest BCUT2D eigenvalue weighted by Crippen LogP contribution is -2.12. The van der Waals surface area contributed by atoms with E-state index in [0.717, 1.165) is 35.5 Å². The lowest BCUT2D eigenvalue weighted by molar-refractivity contribution is 0.142. The van der Waals surface area contributed by atoms with Gasteiger partial charge < -0.3 is 5.11 Å². The Morgan fingerprint density at radius 3 is 3.00 bits per heavy atom. The van der Waals surface area contributed by atoms with Gasteiger partial charge >= 0.3 is 0 Å². The number of nitrogens with zero attached hydrogens (tertiary/aromatic N) is 3. The van der Waals surface area contributed by atoms with Crippen LogP contribution in [0.25, 0.3) is 0 Å². The Morgan fingerprint density at radius 2 is 2.16 bits per heavy atom. The molecular formula is C15H17N3O. The van der Waals surface area contributed by atoms with Crippen LogP contribution in [0.4, 0.5) is 0 Å². The molecule has 0 saturated heterocycles. The Morgan fingerprint density at radius 1 is 1.32 bits per heavy atom. The van der Waals surface area contributed by atoms with Crippen LogP contribution in [0.1, 0.15) is 46.7 Å². The molecule has 98 valence electrons. The average molecular weight is 255 g/mol. The Bertz CT molecular complexity index is 612. The molecule has 0 bridgehead atoms. The number of hydrogen-bond acceptors (Lipinski definition) is 4. The van der Waals surface area contributed by atoms with Crippen LogP contribution in [0.2, 0.25) is 0 Å². The number of aliphatic hydroxyl groups excluding tert-OH is 1. The summed E-state index contributed by atoms with van der Waals surface area (Å²) in [5.41, 5.74) is 4.78. The van der Waals surface area contributed by atoms with E-state index >= 15 is 0 Å². The smallest absolute Gasteiger partial charge is 0.0892 e. The first kappa shape index (κ1) is 12.2. The molecule has 0 aliphatic heterocycles. The molecule has 0 fully saturated rings. The lowest BCUT2D eigenvalue weighted by atomic mass is 9.92. The van der Waals surface area contributed by atoms with Crippen molar-refractivity contribution in [2.24, 2.45) is 0 Å². The Balaban J connectivity index is 1.97. The van der Waals surface area contributed by atoms with Gasteiger partial charge in [-0.05, 0) is 44.4 Å². The Hall–Kier alpha value is -1.81. The molecule has 2 atom stereocenters. The molecule has 1 aliphatic carbocycles. The van der Waals surface area contributed by atoms with E-state index in [4.69, 9.17) is 0 Å². The summed E-state index contributed by atoms with van der Waals surface area (Å²) in [4.78, 5) is 4.44. The van der Waals surface area contributed by atoms with E-state index in [2.05, 4.69) is 21.2 Å². The van der Waals surface area contributed by atoms with Crippen molar-refractivity contribution >= 4 is 0 Å². The first-order valence-corrected chi connectivity index (χ1v) is 6.59. The second-order valence-corrected chi connectivity index (χ2v) is 5.16. The summed E-state index contributed by atoms with van der Waals surface area (Å²) in [6.45, 7) is 3.78. The zero-order valence-electron chi connectivity index (χ0n) is 11.2. The van der Waals surface area contributed by atoms with E-state index < -0.39 is 6.10 Å². The van der Waals surface area contributed by atoms with Crippen molar-refractivity contribution in [1.29, 1.82) is 0 Å². The van der Waals surface area contributed by atoms with Gasteiger partial charge in [-0.2, -0.15) is 10.2 Å². The highest BCUT2D eigenvalue weighted by molar-refractivity contribution is 5.33. The quantitative estimate of drug-likeness (QED) is 0.894. The van der Waals surface area contributed by atoms with Gasteiger partial charge in [0.15, 0.2) is 0 Å². The fourth-order valence-corrected chi connectivity index (χ4v) is 2.84. The van der Waals surface area contributed by atoms with Crippen LogP contribution in [0.3, 0.4) is 0 Å². The maximum Gasteiger partial charge on any atom is 0.0892 e. The average Bonchev–Trinajstić information content (AvgIpc) is 2.84. The molecule has 3 rings (SSSR count). The van der Waals surface area contributed by atoms with Gasteiger partial charge in [-0.15, -0.1) is 0 Å². The maximum absolute atomic E-state index is 10.7. The van der Waals surface area contributed by atoms with Gasteiger partial charge in [0.1, 0.15) is 0 Å². The largest absolute Gasteiger partial charge is 0.388 e. The molecule has 2 aromatic heterocycles. The fraction of sp³-hybridized carbons (Fsp3) is 0.400. The predicted octanol–water partition coefficient (Wildman–Crippen LogP) is 2.25. The molecule has 1 aliphatic rings. The van der Waals surface area contributed by atoms with Crippen LogP contribution in [-0.4, -0.2) is 20.3 Å². The minimum atomic E-state index is -0.551. The van der Waals surface area contributed by atoms with Gasteiger partial charge in [0.2, 0.25) is 0 Å². The number of aliphatic hydroxyl groups is 1. The maximum atomic E-state index is 10.7. The van der Waals surface area contributed by atoms with Gasteiger partial charge in [-0.3, -0.25) is 4.98 Å². The molecule has 0 saturated carbocycles. The van der Waals surface area contributed by atoms with Gasteiger partial charge in [0.05, 0.1) is 17.5 Å². The number of pyridine rings is 1. The molecule has 0 aromatic carbocycles. The van der Waals surface area contributed by atoms with Crippen molar-refractivity contribution in [3.8, 4) is 0 Å². The fourth-order valence-electron chi connectivity index (χ4n) is 2.84. The zero-order chi connectivity index (χ0) is 13.4. The van der Waals surface area contributed by atoms with Crippen molar-refractivity contribution < 1.29 is 5.11 Å². The molecule has 2 aromatic rings. The standard InChI is InChI=1S/C15H17N3O/c1-9-8-13(10(2)18-17-9)15(19)12-6-5-11-4-3-7-16-14(11)12/h3-4,7-8,12,15,19H,5-6H2,1-2H3. The van der Waals surface area contributed by atoms with Gasteiger partial charge in [-0.1, -0.05) is 6.07 Å². The van der Waals surface area contributed by atoms with E-state index in [1.807, 2.05) is 26.0 Å². The molecule has 2 heterocycles. The monoisotopic (exact) mass is 255 g/mol. The third kappa shape index (κ3) is 2.12. The van der Waals surface area contributed by atoms with Crippen LogP contribution in [-0.2, 0) is 6.42 Å². The molecule has 4 heteroatoms. The van der Waals surface area contributed by atoms with Crippen molar-refractivity contribution in [2.45, 2.75) is 38.7 Å². The number of hydrogen-bond donors (Lipinski definition) is 1. The summed E-state index contributed by atoms with van der Waals surface area (Å²) in [5.74, 6) is 0.0681. The Kier molecular flexibility index (Phi) is 3.03. The summed E-state index contributed by atoms with van der Waals surface area (Å²) >= 11 is 0. The second-order valence-electron chi connectivity index (χ2n) is 5.16. The SMILES string of the molecule is Cc1cc(C(O)C2CCc3cccnc32)c(C)nn1. The Labute approximate surface area is 112 Å². The molecule has 0 spiro atoms. The molecule has 2 unspecified atom stereocenters. The number of aromatic nitrogens is 3. The molecule has 19 heavy (non-hydrogen) atoms. The highest BCUT2D eigenvalue weighted by Crippen LogP contribution is 2.40. The van der Waals surface area contributed by atoms with Crippen LogP contribution in [0.5, 0.6) is 0 Å². The highest BCUT2D eigenvalue weighted by Gasteiger charge is 2.31.